The van der Waals surface area contributed by atoms with Gasteiger partial charge in [0, 0.05) is 29.9 Å². The van der Waals surface area contributed by atoms with E-state index in [1.165, 1.54) is 0 Å². The van der Waals surface area contributed by atoms with E-state index in [0.29, 0.717) is 11.5 Å². The molecule has 0 saturated heterocycles. The molecule has 0 aliphatic carbocycles. The van der Waals surface area contributed by atoms with Gasteiger partial charge in [0.05, 0.1) is 5.69 Å². The molecule has 3 N–H and O–H groups in total. The summed E-state index contributed by atoms with van der Waals surface area (Å²) in [4.78, 5) is 11.3. The minimum atomic E-state index is 0.459. The lowest BCUT2D eigenvalue weighted by Crippen LogP contribution is -2.15. The summed E-state index contributed by atoms with van der Waals surface area (Å²) in [5.74, 6) is 0.459. The van der Waals surface area contributed by atoms with Crippen LogP contribution in [0.25, 0.3) is 11.1 Å². The Kier molecular flexibility index (Phi) is 3.28. The van der Waals surface area contributed by atoms with Gasteiger partial charge in [-0.2, -0.15) is 0 Å². The van der Waals surface area contributed by atoms with Crippen LogP contribution < -0.4 is 5.73 Å². The molecule has 0 atom stereocenters. The van der Waals surface area contributed by atoms with E-state index in [2.05, 4.69) is 21.5 Å². The number of rotatable bonds is 3. The van der Waals surface area contributed by atoms with E-state index in [1.54, 1.807) is 12.4 Å². The summed E-state index contributed by atoms with van der Waals surface area (Å²) in [6.07, 6.45) is 5.47. The summed E-state index contributed by atoms with van der Waals surface area (Å²) in [7, 11) is 0. The molecule has 4 nitrogen and oxygen atoms in total. The SMILES string of the molecule is C=C(C)N=C(N)c1[nH]cc(-c2ccncc2)c1C. The van der Waals surface area contributed by atoms with Crippen molar-refractivity contribution < 1.29 is 0 Å². The molecule has 0 unspecified atom stereocenters. The third-order valence-corrected chi connectivity index (χ3v) is 2.70. The fraction of sp³-hybridized carbons (Fsp3) is 0.143. The van der Waals surface area contributed by atoms with Gasteiger partial charge in [-0.25, -0.2) is 4.99 Å². The van der Waals surface area contributed by atoms with E-state index in [9.17, 15) is 0 Å². The summed E-state index contributed by atoms with van der Waals surface area (Å²) < 4.78 is 0. The van der Waals surface area contributed by atoms with Gasteiger partial charge in [-0.05, 0) is 37.1 Å². The molecule has 2 aromatic rings. The van der Waals surface area contributed by atoms with Crippen LogP contribution in [0.4, 0.5) is 0 Å². The van der Waals surface area contributed by atoms with Crippen molar-refractivity contribution in [2.45, 2.75) is 13.8 Å². The number of H-pyrrole nitrogens is 1. The van der Waals surface area contributed by atoms with Crippen LogP contribution in [0, 0.1) is 6.92 Å². The second-order valence-electron chi connectivity index (χ2n) is 4.17. The molecule has 2 heterocycles. The Labute approximate surface area is 106 Å². The van der Waals surface area contributed by atoms with E-state index in [-0.39, 0.29) is 0 Å². The first kappa shape index (κ1) is 12.1. The van der Waals surface area contributed by atoms with Crippen LogP contribution in [0.3, 0.4) is 0 Å². The van der Waals surface area contributed by atoms with E-state index in [0.717, 1.165) is 22.4 Å². The number of amidine groups is 1. The number of nitrogens with zero attached hydrogens (tertiary/aromatic N) is 2. The van der Waals surface area contributed by atoms with Gasteiger partial charge >= 0.3 is 0 Å². The molecule has 2 aromatic heterocycles. The predicted octanol–water partition coefficient (Wildman–Crippen LogP) is 2.62. The molecule has 0 aromatic carbocycles. The minimum Gasteiger partial charge on any atom is -0.382 e. The molecule has 2 rings (SSSR count). The number of pyridine rings is 1. The Hall–Kier alpha value is -2.36. The Balaban J connectivity index is 2.44. The Morgan fingerprint density at radius 2 is 2.06 bits per heavy atom. The molecule has 0 aliphatic rings. The highest BCUT2D eigenvalue weighted by atomic mass is 14.9. The van der Waals surface area contributed by atoms with E-state index in [4.69, 9.17) is 5.73 Å². The summed E-state index contributed by atoms with van der Waals surface area (Å²) in [6, 6.07) is 3.93. The van der Waals surface area contributed by atoms with Crippen molar-refractivity contribution in [3.8, 4) is 11.1 Å². The fourth-order valence-corrected chi connectivity index (χ4v) is 1.85. The average Bonchev–Trinajstić information content (AvgIpc) is 2.71. The van der Waals surface area contributed by atoms with Crippen LogP contribution in [0.1, 0.15) is 18.2 Å². The molecule has 0 radical (unpaired) electrons. The molecule has 0 aliphatic heterocycles. The number of nitrogens with two attached hydrogens (primary N) is 1. The zero-order valence-corrected chi connectivity index (χ0v) is 10.6. The van der Waals surface area contributed by atoms with E-state index in [1.807, 2.05) is 32.2 Å². The van der Waals surface area contributed by atoms with Gasteiger partial charge in [0.2, 0.25) is 0 Å². The number of allylic oxidation sites excluding steroid dienone is 1. The average molecular weight is 240 g/mol. The maximum absolute atomic E-state index is 5.93. The molecule has 0 bridgehead atoms. The lowest BCUT2D eigenvalue weighted by atomic mass is 10.1. The number of aromatic nitrogens is 2. The van der Waals surface area contributed by atoms with E-state index < -0.39 is 0 Å². The topological polar surface area (TPSA) is 67.1 Å². The summed E-state index contributed by atoms with van der Waals surface area (Å²) in [6.45, 7) is 7.56. The second kappa shape index (κ2) is 4.87. The maximum atomic E-state index is 5.93. The van der Waals surface area contributed by atoms with Gasteiger partial charge in [-0.3, -0.25) is 4.98 Å². The Bertz CT molecular complexity index is 594. The summed E-state index contributed by atoms with van der Waals surface area (Å²) in [5, 5.41) is 0. The van der Waals surface area contributed by atoms with E-state index >= 15 is 0 Å². The van der Waals surface area contributed by atoms with Crippen molar-refractivity contribution >= 4 is 5.84 Å². The highest BCUT2D eigenvalue weighted by Crippen LogP contribution is 2.24. The van der Waals surface area contributed by atoms with Crippen LogP contribution in [-0.2, 0) is 0 Å². The van der Waals surface area contributed by atoms with Crippen molar-refractivity contribution in [2.75, 3.05) is 0 Å². The predicted molar refractivity (Wildman–Crippen MR) is 74.3 cm³/mol. The van der Waals surface area contributed by atoms with Crippen LogP contribution >= 0.6 is 0 Å². The van der Waals surface area contributed by atoms with Gasteiger partial charge in [0.15, 0.2) is 0 Å². The monoisotopic (exact) mass is 240 g/mol. The first-order valence-electron chi connectivity index (χ1n) is 5.68. The molecule has 18 heavy (non-hydrogen) atoms. The molecule has 0 fully saturated rings. The van der Waals surface area contributed by atoms with Crippen LogP contribution in [-0.4, -0.2) is 15.8 Å². The molecular formula is C14H16N4. The zero-order valence-electron chi connectivity index (χ0n) is 10.6. The minimum absolute atomic E-state index is 0.459. The van der Waals surface area contributed by atoms with Crippen molar-refractivity contribution in [1.82, 2.24) is 9.97 Å². The highest BCUT2D eigenvalue weighted by Gasteiger charge is 2.11. The fourth-order valence-electron chi connectivity index (χ4n) is 1.85. The van der Waals surface area contributed by atoms with Gasteiger partial charge in [-0.15, -0.1) is 0 Å². The Morgan fingerprint density at radius 1 is 1.39 bits per heavy atom. The van der Waals surface area contributed by atoms with Crippen molar-refractivity contribution in [2.24, 2.45) is 10.7 Å². The second-order valence-corrected chi connectivity index (χ2v) is 4.17. The van der Waals surface area contributed by atoms with Crippen molar-refractivity contribution in [3.05, 3.63) is 54.3 Å². The standard InChI is InChI=1S/C14H16N4/c1-9(2)18-14(15)13-10(3)12(8-17-13)11-4-6-16-7-5-11/h4-8,17H,1H2,2-3H3,(H2,15,18). The van der Waals surface area contributed by atoms with Crippen LogP contribution in [0.15, 0.2) is 48.0 Å². The van der Waals surface area contributed by atoms with Crippen molar-refractivity contribution in [1.29, 1.82) is 0 Å². The van der Waals surface area contributed by atoms with Gasteiger partial charge in [0.1, 0.15) is 5.84 Å². The lowest BCUT2D eigenvalue weighted by Gasteiger charge is -2.02. The molecule has 0 amide bonds. The van der Waals surface area contributed by atoms with Crippen molar-refractivity contribution in [3.63, 3.8) is 0 Å². The quantitative estimate of drug-likeness (QED) is 0.639. The maximum Gasteiger partial charge on any atom is 0.147 e. The number of aromatic amines is 1. The number of hydrogen-bond acceptors (Lipinski definition) is 2. The number of aliphatic imine (C=N–C) groups is 1. The molecule has 0 spiro atoms. The van der Waals surface area contributed by atoms with Crippen LogP contribution in [0.2, 0.25) is 0 Å². The zero-order chi connectivity index (χ0) is 13.1. The molecular weight excluding hydrogens is 224 g/mol. The normalized spacial score (nSPS) is 11.6. The summed E-state index contributed by atoms with van der Waals surface area (Å²) in [5.41, 5.74) is 10.7. The molecule has 4 heteroatoms. The third-order valence-electron chi connectivity index (χ3n) is 2.70. The molecule has 0 saturated carbocycles. The lowest BCUT2D eigenvalue weighted by molar-refractivity contribution is 1.26. The summed E-state index contributed by atoms with van der Waals surface area (Å²) >= 11 is 0. The highest BCUT2D eigenvalue weighted by molar-refractivity contribution is 5.99. The van der Waals surface area contributed by atoms with Gasteiger partial charge in [-0.1, -0.05) is 6.58 Å². The third kappa shape index (κ3) is 2.32. The first-order valence-corrected chi connectivity index (χ1v) is 5.68. The van der Waals surface area contributed by atoms with Gasteiger partial charge in [0.25, 0.3) is 0 Å². The Morgan fingerprint density at radius 3 is 2.67 bits per heavy atom. The number of hydrogen-bond donors (Lipinski definition) is 2. The smallest absolute Gasteiger partial charge is 0.147 e. The van der Waals surface area contributed by atoms with Crippen LogP contribution in [0.5, 0.6) is 0 Å². The first-order chi connectivity index (χ1) is 8.59. The molecule has 92 valence electrons. The van der Waals surface area contributed by atoms with Gasteiger partial charge < -0.3 is 10.7 Å². The largest absolute Gasteiger partial charge is 0.382 e. The number of nitrogens with one attached hydrogen (secondary N) is 1.